The molecule has 1 N–H and O–H groups in total. The highest BCUT2D eigenvalue weighted by molar-refractivity contribution is 7.74. The molecule has 2 unspecified atom stereocenters. The van der Waals surface area contributed by atoms with Crippen LogP contribution in [0.25, 0.3) is 0 Å². The predicted molar refractivity (Wildman–Crippen MR) is 75.6 cm³/mol. The van der Waals surface area contributed by atoms with E-state index in [0.717, 1.165) is 19.3 Å². The van der Waals surface area contributed by atoms with Crippen LogP contribution >= 0.6 is 0 Å². The number of hydrogen-bond acceptors (Lipinski definition) is 2. The van der Waals surface area contributed by atoms with Crippen molar-refractivity contribution in [2.75, 3.05) is 0 Å². The van der Waals surface area contributed by atoms with E-state index in [1.165, 1.54) is 51.4 Å². The van der Waals surface area contributed by atoms with E-state index in [2.05, 4.69) is 6.92 Å². The van der Waals surface area contributed by atoms with Crippen LogP contribution in [0.4, 0.5) is 0 Å². The summed E-state index contributed by atoms with van der Waals surface area (Å²) in [6.45, 7) is 2.19. The fraction of sp³-hybridized carbons (Fsp3) is 1.00. The molecule has 3 nitrogen and oxygen atoms in total. The zero-order valence-electron chi connectivity index (χ0n) is 11.6. The van der Waals surface area contributed by atoms with Gasteiger partial charge in [-0.15, -0.1) is 0 Å². The second-order valence-corrected chi connectivity index (χ2v) is 6.15. The molecule has 1 aliphatic carbocycles. The maximum absolute atomic E-state index is 10.8. The van der Waals surface area contributed by atoms with Crippen LogP contribution in [-0.2, 0) is 15.5 Å². The van der Waals surface area contributed by atoms with Crippen molar-refractivity contribution in [1.29, 1.82) is 0 Å². The van der Waals surface area contributed by atoms with Crippen molar-refractivity contribution < 1.29 is 12.9 Å². The van der Waals surface area contributed by atoms with Gasteiger partial charge in [0, 0.05) is 0 Å². The molecule has 0 amide bonds. The molecule has 0 aromatic carbocycles. The second kappa shape index (κ2) is 9.93. The second-order valence-electron chi connectivity index (χ2n) is 5.52. The number of hydrogen-bond donors (Lipinski definition) is 1. The molecule has 0 aliphatic heterocycles. The van der Waals surface area contributed by atoms with Crippen LogP contribution in [0.1, 0.15) is 77.6 Å². The highest BCUT2D eigenvalue weighted by Crippen LogP contribution is 2.29. The third kappa shape index (κ3) is 7.49. The smallest absolute Gasteiger partial charge is 0.284 e. The van der Waals surface area contributed by atoms with E-state index in [-0.39, 0.29) is 6.10 Å². The van der Waals surface area contributed by atoms with Gasteiger partial charge < -0.3 is 0 Å². The Bertz CT molecular complexity index is 227. The Balaban J connectivity index is 2.26. The Morgan fingerprint density at radius 3 is 2.56 bits per heavy atom. The lowest BCUT2D eigenvalue weighted by Gasteiger charge is -2.25. The van der Waals surface area contributed by atoms with Gasteiger partial charge in [-0.1, -0.05) is 64.7 Å². The fourth-order valence-corrected chi connectivity index (χ4v) is 3.32. The van der Waals surface area contributed by atoms with E-state index in [9.17, 15) is 4.21 Å². The van der Waals surface area contributed by atoms with Gasteiger partial charge in [0.25, 0.3) is 0 Å². The molecule has 0 aromatic heterocycles. The molecule has 0 spiro atoms. The molecule has 0 radical (unpaired) electrons. The molecular formula is C14H28O3S. The van der Waals surface area contributed by atoms with Gasteiger partial charge in [-0.25, -0.2) is 0 Å². The third-order valence-electron chi connectivity index (χ3n) is 3.92. The predicted octanol–water partition coefficient (Wildman–Crippen LogP) is 4.45. The van der Waals surface area contributed by atoms with E-state index in [0.29, 0.717) is 5.92 Å². The minimum absolute atomic E-state index is 0.0178. The van der Waals surface area contributed by atoms with E-state index in [1.807, 2.05) is 0 Å². The normalized spacial score (nSPS) is 20.8. The monoisotopic (exact) mass is 276 g/mol. The van der Waals surface area contributed by atoms with Crippen molar-refractivity contribution >= 4 is 11.4 Å². The van der Waals surface area contributed by atoms with Gasteiger partial charge in [-0.2, -0.15) is 4.21 Å². The van der Waals surface area contributed by atoms with Crippen molar-refractivity contribution in [3.05, 3.63) is 0 Å². The van der Waals surface area contributed by atoms with Crippen LogP contribution in [0.2, 0.25) is 0 Å². The van der Waals surface area contributed by atoms with Crippen LogP contribution in [0.3, 0.4) is 0 Å². The lowest BCUT2D eigenvalue weighted by Crippen LogP contribution is -2.20. The van der Waals surface area contributed by atoms with E-state index in [4.69, 9.17) is 8.74 Å². The van der Waals surface area contributed by atoms with Crippen molar-refractivity contribution in [2.24, 2.45) is 5.92 Å². The third-order valence-corrected chi connectivity index (χ3v) is 4.36. The summed E-state index contributed by atoms with van der Waals surface area (Å²) in [5.74, 6) is 0.707. The zero-order chi connectivity index (χ0) is 13.2. The molecule has 4 heteroatoms. The van der Waals surface area contributed by atoms with Crippen LogP contribution in [-0.4, -0.2) is 14.9 Å². The minimum atomic E-state index is -2.11. The Labute approximate surface area is 114 Å². The highest BCUT2D eigenvalue weighted by Gasteiger charge is 2.20. The molecule has 1 rings (SSSR count). The van der Waals surface area contributed by atoms with Crippen molar-refractivity contribution in [3.8, 4) is 0 Å². The first kappa shape index (κ1) is 16.1. The Morgan fingerprint density at radius 1 is 1.22 bits per heavy atom. The Kier molecular flexibility index (Phi) is 8.90. The Hall–Kier alpha value is 0.0700. The largest absolute Gasteiger partial charge is 0.302 e. The molecule has 0 bridgehead atoms. The van der Waals surface area contributed by atoms with Crippen molar-refractivity contribution in [1.82, 2.24) is 0 Å². The SMILES string of the molecule is CCCCCCC(CC1CCCCC1)OS(=O)O. The van der Waals surface area contributed by atoms with Crippen molar-refractivity contribution in [3.63, 3.8) is 0 Å². The van der Waals surface area contributed by atoms with Crippen LogP contribution < -0.4 is 0 Å². The standard InChI is InChI=1S/C14H28O3S/c1-2-3-4-8-11-14(17-18(15)16)12-13-9-6-5-7-10-13/h13-14H,2-12H2,1H3,(H,15,16). The molecule has 0 saturated heterocycles. The minimum Gasteiger partial charge on any atom is -0.284 e. The zero-order valence-corrected chi connectivity index (χ0v) is 12.4. The average Bonchev–Trinajstić information content (AvgIpc) is 2.35. The molecular weight excluding hydrogens is 248 g/mol. The summed E-state index contributed by atoms with van der Waals surface area (Å²) in [6.07, 6.45) is 13.2. The van der Waals surface area contributed by atoms with Gasteiger partial charge in [-0.05, 0) is 18.8 Å². The maximum Gasteiger partial charge on any atom is 0.302 e. The summed E-state index contributed by atoms with van der Waals surface area (Å²) in [4.78, 5) is 0. The first-order valence-corrected chi connectivity index (χ1v) is 8.53. The lowest BCUT2D eigenvalue weighted by atomic mass is 9.84. The molecule has 1 saturated carbocycles. The van der Waals surface area contributed by atoms with Crippen LogP contribution in [0.5, 0.6) is 0 Å². The van der Waals surface area contributed by atoms with Gasteiger partial charge in [0.1, 0.15) is 0 Å². The van der Waals surface area contributed by atoms with Gasteiger partial charge in [-0.3, -0.25) is 8.74 Å². The molecule has 1 aliphatic rings. The number of unbranched alkanes of at least 4 members (excludes halogenated alkanes) is 3. The average molecular weight is 276 g/mol. The summed E-state index contributed by atoms with van der Waals surface area (Å²) in [5.41, 5.74) is 0. The van der Waals surface area contributed by atoms with Crippen LogP contribution in [0.15, 0.2) is 0 Å². The van der Waals surface area contributed by atoms with Gasteiger partial charge in [0.15, 0.2) is 0 Å². The molecule has 0 aromatic rings. The van der Waals surface area contributed by atoms with Gasteiger partial charge >= 0.3 is 11.4 Å². The van der Waals surface area contributed by atoms with E-state index < -0.39 is 11.4 Å². The number of rotatable bonds is 9. The maximum atomic E-state index is 10.8. The summed E-state index contributed by atoms with van der Waals surface area (Å²) >= 11 is -2.11. The summed E-state index contributed by atoms with van der Waals surface area (Å²) < 4.78 is 24.9. The Morgan fingerprint density at radius 2 is 1.94 bits per heavy atom. The summed E-state index contributed by atoms with van der Waals surface area (Å²) in [6, 6.07) is 0. The molecule has 1 fully saturated rings. The van der Waals surface area contributed by atoms with E-state index in [1.54, 1.807) is 0 Å². The quantitative estimate of drug-likeness (QED) is 0.500. The molecule has 108 valence electrons. The first-order valence-electron chi connectivity index (χ1n) is 7.50. The van der Waals surface area contributed by atoms with Crippen LogP contribution in [0, 0.1) is 5.92 Å². The topological polar surface area (TPSA) is 46.5 Å². The summed E-state index contributed by atoms with van der Waals surface area (Å²) in [5, 5.41) is 0. The highest BCUT2D eigenvalue weighted by atomic mass is 32.2. The fourth-order valence-electron chi connectivity index (χ4n) is 2.92. The molecule has 0 heterocycles. The summed E-state index contributed by atoms with van der Waals surface area (Å²) in [7, 11) is 0. The lowest BCUT2D eigenvalue weighted by molar-refractivity contribution is 0.144. The van der Waals surface area contributed by atoms with Gasteiger partial charge in [0.05, 0.1) is 6.10 Å². The van der Waals surface area contributed by atoms with Gasteiger partial charge in [0.2, 0.25) is 0 Å². The van der Waals surface area contributed by atoms with E-state index >= 15 is 0 Å². The van der Waals surface area contributed by atoms with Crippen molar-refractivity contribution in [2.45, 2.75) is 83.7 Å². The molecule has 2 atom stereocenters. The first-order chi connectivity index (χ1) is 8.72. The molecule has 18 heavy (non-hydrogen) atoms.